The summed E-state index contributed by atoms with van der Waals surface area (Å²) in [5, 5.41) is 3.30. The highest BCUT2D eigenvalue weighted by Gasteiger charge is 2.11. The lowest BCUT2D eigenvalue weighted by atomic mass is 10.1. The van der Waals surface area contributed by atoms with Gasteiger partial charge in [-0.25, -0.2) is 0 Å². The number of ether oxygens (including phenoxy) is 1. The SMILES string of the molecule is Cc1ccc(NC(=O)COc2ccc3c(=O)c(-c4ccccc4)coc3c2)c(C)c1. The third-order valence-electron chi connectivity index (χ3n) is 4.86. The highest BCUT2D eigenvalue weighted by atomic mass is 16.5. The number of hydrogen-bond acceptors (Lipinski definition) is 4. The van der Waals surface area contributed by atoms with Crippen LogP contribution < -0.4 is 15.5 Å². The van der Waals surface area contributed by atoms with E-state index < -0.39 is 0 Å². The van der Waals surface area contributed by atoms with E-state index in [0.29, 0.717) is 22.3 Å². The maximum atomic E-state index is 12.8. The summed E-state index contributed by atoms with van der Waals surface area (Å²) in [5.41, 5.74) is 4.49. The summed E-state index contributed by atoms with van der Waals surface area (Å²) in [6.45, 7) is 3.80. The minimum atomic E-state index is -0.261. The van der Waals surface area contributed by atoms with E-state index in [9.17, 15) is 9.59 Å². The van der Waals surface area contributed by atoms with Gasteiger partial charge in [0, 0.05) is 11.8 Å². The molecule has 5 nitrogen and oxygen atoms in total. The number of fused-ring (bicyclic) bond motifs is 1. The van der Waals surface area contributed by atoms with E-state index in [0.717, 1.165) is 22.4 Å². The molecule has 30 heavy (non-hydrogen) atoms. The van der Waals surface area contributed by atoms with Gasteiger partial charge in [0.15, 0.2) is 12.0 Å². The second-order valence-corrected chi connectivity index (χ2v) is 7.16. The second-order valence-electron chi connectivity index (χ2n) is 7.16. The van der Waals surface area contributed by atoms with Gasteiger partial charge in [0.05, 0.1) is 10.9 Å². The van der Waals surface area contributed by atoms with E-state index in [1.807, 2.05) is 62.4 Å². The standard InChI is InChI=1S/C25H21NO4/c1-16-8-11-22(17(2)12-16)26-24(27)15-29-19-9-10-20-23(13-19)30-14-21(25(20)28)18-6-4-3-5-7-18/h3-14H,15H2,1-2H3,(H,26,27). The molecule has 5 heteroatoms. The molecule has 150 valence electrons. The Morgan fingerprint density at radius 3 is 2.57 bits per heavy atom. The summed E-state index contributed by atoms with van der Waals surface area (Å²) in [6, 6.07) is 20.1. The van der Waals surface area contributed by atoms with Crippen molar-refractivity contribution in [3.05, 3.63) is 94.3 Å². The Kier molecular flexibility index (Phi) is 5.35. The number of benzene rings is 3. The van der Waals surface area contributed by atoms with Crippen molar-refractivity contribution in [2.24, 2.45) is 0 Å². The van der Waals surface area contributed by atoms with Crippen molar-refractivity contribution in [3.8, 4) is 16.9 Å². The van der Waals surface area contributed by atoms with Gasteiger partial charge in [-0.2, -0.15) is 0 Å². The number of anilines is 1. The first-order valence-electron chi connectivity index (χ1n) is 9.62. The molecule has 1 aromatic heterocycles. The average Bonchev–Trinajstić information content (AvgIpc) is 2.75. The molecule has 0 atom stereocenters. The Morgan fingerprint density at radius 1 is 1.00 bits per heavy atom. The van der Waals surface area contributed by atoms with Gasteiger partial charge in [-0.15, -0.1) is 0 Å². The van der Waals surface area contributed by atoms with Crippen LogP contribution in [0.25, 0.3) is 22.1 Å². The van der Waals surface area contributed by atoms with E-state index in [1.165, 1.54) is 6.26 Å². The number of rotatable bonds is 5. The fraction of sp³-hybridized carbons (Fsp3) is 0.120. The van der Waals surface area contributed by atoms with Gasteiger partial charge in [0.1, 0.15) is 17.6 Å². The minimum absolute atomic E-state index is 0.110. The molecule has 4 aromatic rings. The second kappa shape index (κ2) is 8.25. The molecule has 0 unspecified atom stereocenters. The van der Waals surface area contributed by atoms with E-state index in [2.05, 4.69) is 5.32 Å². The Labute approximate surface area is 173 Å². The Morgan fingerprint density at radius 2 is 1.80 bits per heavy atom. The Bertz CT molecular complexity index is 1280. The van der Waals surface area contributed by atoms with Crippen LogP contribution in [-0.4, -0.2) is 12.5 Å². The lowest BCUT2D eigenvalue weighted by Gasteiger charge is -2.10. The van der Waals surface area contributed by atoms with Crippen molar-refractivity contribution < 1.29 is 13.9 Å². The zero-order chi connectivity index (χ0) is 21.1. The highest BCUT2D eigenvalue weighted by molar-refractivity contribution is 5.92. The lowest BCUT2D eigenvalue weighted by Crippen LogP contribution is -2.20. The molecule has 1 heterocycles. The average molecular weight is 399 g/mol. The van der Waals surface area contributed by atoms with Crippen LogP contribution >= 0.6 is 0 Å². The van der Waals surface area contributed by atoms with Gasteiger partial charge >= 0.3 is 0 Å². The summed E-state index contributed by atoms with van der Waals surface area (Å²) in [5.74, 6) is 0.191. The Hall–Kier alpha value is -3.86. The normalized spacial score (nSPS) is 10.7. The van der Waals surface area contributed by atoms with Gasteiger partial charge in [-0.05, 0) is 43.2 Å². The molecular weight excluding hydrogens is 378 g/mol. The highest BCUT2D eigenvalue weighted by Crippen LogP contribution is 2.23. The first-order chi connectivity index (χ1) is 14.5. The van der Waals surface area contributed by atoms with Crippen molar-refractivity contribution in [2.75, 3.05) is 11.9 Å². The fourth-order valence-corrected chi connectivity index (χ4v) is 3.30. The molecular formula is C25H21NO4. The molecule has 0 saturated heterocycles. The molecule has 0 spiro atoms. The number of aryl methyl sites for hydroxylation is 2. The molecule has 0 aliphatic rings. The molecule has 0 saturated carbocycles. The maximum Gasteiger partial charge on any atom is 0.262 e. The molecule has 1 amide bonds. The number of carbonyl (C=O) groups excluding carboxylic acids is 1. The summed E-state index contributed by atoms with van der Waals surface area (Å²) >= 11 is 0. The predicted molar refractivity (Wildman–Crippen MR) is 118 cm³/mol. The van der Waals surface area contributed by atoms with Crippen LogP contribution in [0.4, 0.5) is 5.69 Å². The van der Waals surface area contributed by atoms with Crippen LogP contribution in [0, 0.1) is 13.8 Å². The summed E-state index contributed by atoms with van der Waals surface area (Å²) in [7, 11) is 0. The number of carbonyl (C=O) groups is 1. The molecule has 0 aliphatic heterocycles. The molecule has 3 aromatic carbocycles. The summed E-state index contributed by atoms with van der Waals surface area (Å²) in [6.07, 6.45) is 1.46. The number of nitrogens with one attached hydrogen (secondary N) is 1. The molecule has 0 bridgehead atoms. The molecule has 0 radical (unpaired) electrons. The minimum Gasteiger partial charge on any atom is -0.484 e. The van der Waals surface area contributed by atoms with Crippen LogP contribution in [0.5, 0.6) is 5.75 Å². The van der Waals surface area contributed by atoms with E-state index >= 15 is 0 Å². The summed E-state index contributed by atoms with van der Waals surface area (Å²) < 4.78 is 11.3. The number of amides is 1. The molecule has 4 rings (SSSR count). The Balaban J connectivity index is 1.49. The smallest absolute Gasteiger partial charge is 0.262 e. The van der Waals surface area contributed by atoms with Crippen molar-refractivity contribution >= 4 is 22.6 Å². The third kappa shape index (κ3) is 4.10. The summed E-state index contributed by atoms with van der Waals surface area (Å²) in [4.78, 5) is 25.0. The van der Waals surface area contributed by atoms with Gasteiger partial charge in [0.25, 0.3) is 5.91 Å². The van der Waals surface area contributed by atoms with Gasteiger partial charge in [-0.3, -0.25) is 9.59 Å². The maximum absolute atomic E-state index is 12.8. The topological polar surface area (TPSA) is 68.5 Å². The van der Waals surface area contributed by atoms with Crippen molar-refractivity contribution in [2.45, 2.75) is 13.8 Å². The zero-order valence-electron chi connectivity index (χ0n) is 16.8. The van der Waals surface area contributed by atoms with Crippen LogP contribution in [0.1, 0.15) is 11.1 Å². The first kappa shape index (κ1) is 19.5. The van der Waals surface area contributed by atoms with Gasteiger partial charge < -0.3 is 14.5 Å². The fourth-order valence-electron chi connectivity index (χ4n) is 3.30. The monoisotopic (exact) mass is 399 g/mol. The van der Waals surface area contributed by atoms with Crippen molar-refractivity contribution in [3.63, 3.8) is 0 Å². The predicted octanol–water partition coefficient (Wildman–Crippen LogP) is 5.09. The molecule has 1 N–H and O–H groups in total. The van der Waals surface area contributed by atoms with Gasteiger partial charge in [-0.1, -0.05) is 48.0 Å². The van der Waals surface area contributed by atoms with Crippen LogP contribution in [0.2, 0.25) is 0 Å². The van der Waals surface area contributed by atoms with E-state index in [1.54, 1.807) is 18.2 Å². The largest absolute Gasteiger partial charge is 0.484 e. The van der Waals surface area contributed by atoms with E-state index in [4.69, 9.17) is 9.15 Å². The quantitative estimate of drug-likeness (QED) is 0.507. The molecule has 0 fully saturated rings. The van der Waals surface area contributed by atoms with Gasteiger partial charge in [0.2, 0.25) is 0 Å². The van der Waals surface area contributed by atoms with Crippen molar-refractivity contribution in [1.29, 1.82) is 0 Å². The van der Waals surface area contributed by atoms with E-state index in [-0.39, 0.29) is 17.9 Å². The molecule has 0 aliphatic carbocycles. The third-order valence-corrected chi connectivity index (χ3v) is 4.86. The first-order valence-corrected chi connectivity index (χ1v) is 9.62. The lowest BCUT2D eigenvalue weighted by molar-refractivity contribution is -0.118. The van der Waals surface area contributed by atoms with Crippen molar-refractivity contribution in [1.82, 2.24) is 0 Å². The van der Waals surface area contributed by atoms with Crippen LogP contribution in [-0.2, 0) is 4.79 Å². The zero-order valence-corrected chi connectivity index (χ0v) is 16.8. The van der Waals surface area contributed by atoms with Crippen LogP contribution in [0.15, 0.2) is 82.2 Å². The van der Waals surface area contributed by atoms with Crippen LogP contribution in [0.3, 0.4) is 0 Å². The number of hydrogen-bond donors (Lipinski definition) is 1.